The van der Waals surface area contributed by atoms with Gasteiger partial charge in [0.25, 0.3) is 0 Å². The maximum Gasteiger partial charge on any atom is 0.444 e. The minimum atomic E-state index is -4.83. The first kappa shape index (κ1) is 9.35. The van der Waals surface area contributed by atoms with Crippen molar-refractivity contribution in [3.05, 3.63) is 12.0 Å². The van der Waals surface area contributed by atoms with Crippen molar-refractivity contribution < 1.29 is 17.6 Å². The fourth-order valence-electron chi connectivity index (χ4n) is 1.10. The van der Waals surface area contributed by atoms with Crippen LogP contribution in [0.3, 0.4) is 0 Å². The van der Waals surface area contributed by atoms with Crippen molar-refractivity contribution in [2.45, 2.75) is 19.0 Å². The molecule has 70 valence electrons. The summed E-state index contributed by atoms with van der Waals surface area (Å²) in [5.41, 5.74) is 0. The Hall–Kier alpha value is -0.740. The second kappa shape index (κ2) is 3.33. The van der Waals surface area contributed by atoms with Crippen molar-refractivity contribution in [2.75, 3.05) is 13.1 Å². The minimum Gasteiger partial charge on any atom is -0.375 e. The number of nitrogens with zero attached hydrogens (tertiary/aromatic N) is 1. The maximum atomic E-state index is 12.3. The lowest BCUT2D eigenvalue weighted by Crippen LogP contribution is -2.16. The van der Waals surface area contributed by atoms with E-state index in [0.717, 1.165) is 12.8 Å². The van der Waals surface area contributed by atoms with Crippen LogP contribution in [0.15, 0.2) is 12.0 Å². The van der Waals surface area contributed by atoms with Crippen LogP contribution in [0, 0.1) is 0 Å². The van der Waals surface area contributed by atoms with E-state index in [0.29, 0.717) is 19.3 Å². The Morgan fingerprint density at radius 2 is 1.67 bits per heavy atom. The molecule has 5 heteroatoms. The summed E-state index contributed by atoms with van der Waals surface area (Å²) in [5, 5.41) is 0. The standard InChI is InChI=1S/C7H9F4N/c8-6(7(9,10)11)5-12-3-1-2-4-12/h5H,1-4H2. The van der Waals surface area contributed by atoms with Gasteiger partial charge in [0.05, 0.1) is 0 Å². The molecule has 0 N–H and O–H groups in total. The van der Waals surface area contributed by atoms with Crippen molar-refractivity contribution in [3.8, 4) is 0 Å². The molecule has 1 nitrogen and oxygen atoms in total. The third-order valence-electron chi connectivity index (χ3n) is 1.71. The van der Waals surface area contributed by atoms with Gasteiger partial charge in [-0.3, -0.25) is 0 Å². The molecule has 1 saturated heterocycles. The van der Waals surface area contributed by atoms with Crippen molar-refractivity contribution in [3.63, 3.8) is 0 Å². The van der Waals surface area contributed by atoms with Gasteiger partial charge in [-0.05, 0) is 12.8 Å². The van der Waals surface area contributed by atoms with Gasteiger partial charge in [-0.2, -0.15) is 13.2 Å². The highest BCUT2D eigenvalue weighted by Gasteiger charge is 2.35. The van der Waals surface area contributed by atoms with Gasteiger partial charge in [0.15, 0.2) is 0 Å². The summed E-state index contributed by atoms with van der Waals surface area (Å²) in [7, 11) is 0. The number of halogens is 4. The molecule has 0 aromatic heterocycles. The third kappa shape index (κ3) is 2.39. The molecule has 0 amide bonds. The SMILES string of the molecule is FC(=CN1CCCC1)C(F)(F)F. The second-order valence-corrected chi connectivity index (χ2v) is 2.72. The molecule has 0 aromatic rings. The minimum absolute atomic E-state index is 0.517. The van der Waals surface area contributed by atoms with Gasteiger partial charge in [-0.1, -0.05) is 0 Å². The molecule has 0 bridgehead atoms. The lowest BCUT2D eigenvalue weighted by Gasteiger charge is -2.12. The summed E-state index contributed by atoms with van der Waals surface area (Å²) in [6.45, 7) is 1.03. The molecule has 1 fully saturated rings. The summed E-state index contributed by atoms with van der Waals surface area (Å²) < 4.78 is 47.2. The predicted molar refractivity (Wildman–Crippen MR) is 36.1 cm³/mol. The van der Waals surface area contributed by atoms with Crippen LogP contribution in [0.25, 0.3) is 0 Å². The van der Waals surface area contributed by atoms with Crippen LogP contribution in [-0.2, 0) is 0 Å². The Kier molecular flexibility index (Phi) is 2.59. The van der Waals surface area contributed by atoms with E-state index in [1.165, 1.54) is 4.90 Å². The molecule has 1 rings (SSSR count). The molecular formula is C7H9F4N. The van der Waals surface area contributed by atoms with E-state index in [9.17, 15) is 17.6 Å². The van der Waals surface area contributed by atoms with E-state index in [1.807, 2.05) is 0 Å². The smallest absolute Gasteiger partial charge is 0.375 e. The third-order valence-corrected chi connectivity index (χ3v) is 1.71. The zero-order valence-corrected chi connectivity index (χ0v) is 6.36. The van der Waals surface area contributed by atoms with E-state index < -0.39 is 12.0 Å². The molecule has 0 atom stereocenters. The molecule has 0 unspecified atom stereocenters. The van der Waals surface area contributed by atoms with Gasteiger partial charge in [0, 0.05) is 19.3 Å². The first-order chi connectivity index (χ1) is 5.50. The Labute approximate surface area is 67.7 Å². The fraction of sp³-hybridized carbons (Fsp3) is 0.714. The zero-order valence-electron chi connectivity index (χ0n) is 6.36. The van der Waals surface area contributed by atoms with Gasteiger partial charge in [-0.25, -0.2) is 4.39 Å². The van der Waals surface area contributed by atoms with E-state index >= 15 is 0 Å². The van der Waals surface area contributed by atoms with Crippen molar-refractivity contribution >= 4 is 0 Å². The number of alkyl halides is 3. The Morgan fingerprint density at radius 3 is 2.08 bits per heavy atom. The lowest BCUT2D eigenvalue weighted by atomic mass is 10.4. The number of hydrogen-bond donors (Lipinski definition) is 0. The summed E-state index contributed by atoms with van der Waals surface area (Å²) in [6, 6.07) is 0. The molecular weight excluding hydrogens is 174 g/mol. The number of likely N-dealkylation sites (tertiary alicyclic amines) is 1. The zero-order chi connectivity index (χ0) is 9.19. The number of rotatable bonds is 1. The van der Waals surface area contributed by atoms with E-state index in [2.05, 4.69) is 0 Å². The predicted octanol–water partition coefficient (Wildman–Crippen LogP) is 2.46. The molecule has 12 heavy (non-hydrogen) atoms. The molecule has 1 aliphatic rings. The number of allylic oxidation sites excluding steroid dienone is 1. The van der Waals surface area contributed by atoms with Gasteiger partial charge < -0.3 is 4.90 Å². The fourth-order valence-corrected chi connectivity index (χ4v) is 1.10. The van der Waals surface area contributed by atoms with Crippen LogP contribution < -0.4 is 0 Å². The molecule has 0 aliphatic carbocycles. The molecule has 0 radical (unpaired) electrons. The summed E-state index contributed by atoms with van der Waals surface area (Å²) in [6.07, 6.45) is -2.61. The molecule has 1 heterocycles. The Morgan fingerprint density at radius 1 is 1.17 bits per heavy atom. The average Bonchev–Trinajstić information content (AvgIpc) is 2.37. The Bertz CT molecular complexity index is 178. The van der Waals surface area contributed by atoms with Gasteiger partial charge in [0.2, 0.25) is 5.83 Å². The lowest BCUT2D eigenvalue weighted by molar-refractivity contribution is -0.110. The molecule has 0 spiro atoms. The van der Waals surface area contributed by atoms with Crippen molar-refractivity contribution in [1.82, 2.24) is 4.90 Å². The van der Waals surface area contributed by atoms with Gasteiger partial charge in [0.1, 0.15) is 0 Å². The normalized spacial score (nSPS) is 20.3. The van der Waals surface area contributed by atoms with Crippen molar-refractivity contribution in [2.24, 2.45) is 0 Å². The summed E-state index contributed by atoms with van der Waals surface area (Å²) >= 11 is 0. The molecule has 0 saturated carbocycles. The quantitative estimate of drug-likeness (QED) is 0.564. The first-order valence-electron chi connectivity index (χ1n) is 3.69. The number of hydrogen-bond acceptors (Lipinski definition) is 1. The average molecular weight is 183 g/mol. The monoisotopic (exact) mass is 183 g/mol. The highest BCUT2D eigenvalue weighted by molar-refractivity contribution is 4.99. The first-order valence-corrected chi connectivity index (χ1v) is 3.69. The van der Waals surface area contributed by atoms with Crippen molar-refractivity contribution in [1.29, 1.82) is 0 Å². The Balaban J connectivity index is 2.55. The summed E-state index contributed by atoms with van der Waals surface area (Å²) in [4.78, 5) is 1.35. The maximum absolute atomic E-state index is 12.3. The van der Waals surface area contributed by atoms with Crippen LogP contribution in [0.5, 0.6) is 0 Å². The topological polar surface area (TPSA) is 3.24 Å². The van der Waals surface area contributed by atoms with Crippen LogP contribution in [-0.4, -0.2) is 24.2 Å². The highest BCUT2D eigenvalue weighted by Crippen LogP contribution is 2.27. The highest BCUT2D eigenvalue weighted by atomic mass is 19.4. The van der Waals surface area contributed by atoms with Crippen LogP contribution in [0.2, 0.25) is 0 Å². The van der Waals surface area contributed by atoms with Gasteiger partial charge >= 0.3 is 6.18 Å². The second-order valence-electron chi connectivity index (χ2n) is 2.72. The largest absolute Gasteiger partial charge is 0.444 e. The summed E-state index contributed by atoms with van der Waals surface area (Å²) in [5.74, 6) is -2.01. The van der Waals surface area contributed by atoms with Crippen LogP contribution >= 0.6 is 0 Å². The van der Waals surface area contributed by atoms with Crippen LogP contribution in [0.1, 0.15) is 12.8 Å². The van der Waals surface area contributed by atoms with E-state index in [1.54, 1.807) is 0 Å². The van der Waals surface area contributed by atoms with Crippen LogP contribution in [0.4, 0.5) is 17.6 Å². The van der Waals surface area contributed by atoms with E-state index in [4.69, 9.17) is 0 Å². The van der Waals surface area contributed by atoms with Gasteiger partial charge in [-0.15, -0.1) is 0 Å². The molecule has 1 aliphatic heterocycles. The van der Waals surface area contributed by atoms with E-state index in [-0.39, 0.29) is 0 Å². The molecule has 0 aromatic carbocycles.